The Morgan fingerprint density at radius 2 is 1.87 bits per heavy atom. The first kappa shape index (κ1) is 21.3. The predicted molar refractivity (Wildman–Crippen MR) is 117 cm³/mol. The number of hydrogen-bond acceptors (Lipinski definition) is 5. The third kappa shape index (κ3) is 4.96. The third-order valence-electron chi connectivity index (χ3n) is 4.32. The van der Waals surface area contributed by atoms with Crippen molar-refractivity contribution in [3.63, 3.8) is 0 Å². The zero-order chi connectivity index (χ0) is 21.7. The Balaban J connectivity index is 1.84. The fourth-order valence-electron chi connectivity index (χ4n) is 2.81. The van der Waals surface area contributed by atoms with Gasteiger partial charge in [0, 0.05) is 11.6 Å². The van der Waals surface area contributed by atoms with Crippen molar-refractivity contribution in [2.75, 3.05) is 12.4 Å². The number of ether oxygens (including phenoxy) is 2. The molecule has 0 aromatic heterocycles. The molecule has 0 fully saturated rings. The van der Waals surface area contributed by atoms with Gasteiger partial charge in [0.2, 0.25) is 0 Å². The molecule has 0 unspecified atom stereocenters. The first-order valence-corrected chi connectivity index (χ1v) is 9.79. The zero-order valence-corrected chi connectivity index (χ0v) is 17.9. The SMILES string of the molecule is COc1cc(C(=O)Nc2ccc(C)cc2[N+](=O)[O-])cc(Br)c1OCc1ccccc1. The Bertz CT molecular complexity index is 1090. The minimum Gasteiger partial charge on any atom is -0.493 e. The van der Waals surface area contributed by atoms with Crippen molar-refractivity contribution in [3.8, 4) is 11.5 Å². The highest BCUT2D eigenvalue weighted by molar-refractivity contribution is 9.10. The number of carbonyl (C=O) groups excluding carboxylic acids is 1. The summed E-state index contributed by atoms with van der Waals surface area (Å²) < 4.78 is 11.8. The first-order chi connectivity index (χ1) is 14.4. The molecule has 8 heteroatoms. The number of amides is 1. The minimum atomic E-state index is -0.528. The summed E-state index contributed by atoms with van der Waals surface area (Å²) in [4.78, 5) is 23.5. The molecule has 0 atom stereocenters. The van der Waals surface area contributed by atoms with E-state index in [1.807, 2.05) is 30.3 Å². The van der Waals surface area contributed by atoms with Crippen molar-refractivity contribution in [1.29, 1.82) is 0 Å². The summed E-state index contributed by atoms with van der Waals surface area (Å²) in [6.07, 6.45) is 0. The summed E-state index contributed by atoms with van der Waals surface area (Å²) in [5.41, 5.74) is 1.93. The molecule has 0 radical (unpaired) electrons. The monoisotopic (exact) mass is 470 g/mol. The molecule has 0 saturated heterocycles. The second kappa shape index (κ2) is 9.41. The molecule has 0 spiro atoms. The fourth-order valence-corrected chi connectivity index (χ4v) is 3.37. The Morgan fingerprint density at radius 1 is 1.13 bits per heavy atom. The number of benzene rings is 3. The average molecular weight is 471 g/mol. The van der Waals surface area contributed by atoms with Gasteiger partial charge < -0.3 is 14.8 Å². The van der Waals surface area contributed by atoms with Crippen LogP contribution in [0.25, 0.3) is 0 Å². The van der Waals surface area contributed by atoms with Crippen molar-refractivity contribution in [2.24, 2.45) is 0 Å². The number of nitro groups is 1. The normalized spacial score (nSPS) is 10.4. The van der Waals surface area contributed by atoms with Crippen LogP contribution in [-0.2, 0) is 6.61 Å². The average Bonchev–Trinajstić information content (AvgIpc) is 2.74. The van der Waals surface area contributed by atoms with Gasteiger partial charge >= 0.3 is 0 Å². The standard InChI is InChI=1S/C22H19BrN2O5/c1-14-8-9-18(19(10-14)25(27)28)24-22(26)16-11-17(23)21(20(12-16)29-2)30-13-15-6-4-3-5-7-15/h3-12H,13H2,1-2H3,(H,24,26). The fraction of sp³-hybridized carbons (Fsp3) is 0.136. The van der Waals surface area contributed by atoms with E-state index in [0.717, 1.165) is 11.1 Å². The van der Waals surface area contributed by atoms with E-state index in [9.17, 15) is 14.9 Å². The lowest BCUT2D eigenvalue weighted by Gasteiger charge is -2.14. The number of nitro benzene ring substituents is 1. The van der Waals surface area contributed by atoms with E-state index in [1.54, 1.807) is 19.1 Å². The summed E-state index contributed by atoms with van der Waals surface area (Å²) in [5.74, 6) is 0.318. The van der Waals surface area contributed by atoms with Crippen LogP contribution in [0.15, 0.2) is 65.1 Å². The highest BCUT2D eigenvalue weighted by atomic mass is 79.9. The Morgan fingerprint density at radius 3 is 2.53 bits per heavy atom. The smallest absolute Gasteiger partial charge is 0.293 e. The largest absolute Gasteiger partial charge is 0.493 e. The number of methoxy groups -OCH3 is 1. The quantitative estimate of drug-likeness (QED) is 0.363. The molecule has 0 aliphatic carbocycles. The van der Waals surface area contributed by atoms with Crippen molar-refractivity contribution in [1.82, 2.24) is 0 Å². The van der Waals surface area contributed by atoms with Crippen LogP contribution in [0.3, 0.4) is 0 Å². The lowest BCUT2D eigenvalue weighted by Crippen LogP contribution is -2.14. The van der Waals surface area contributed by atoms with Crippen molar-refractivity contribution < 1.29 is 19.2 Å². The number of halogens is 1. The molecule has 0 aliphatic heterocycles. The Kier molecular flexibility index (Phi) is 6.68. The van der Waals surface area contributed by atoms with E-state index in [4.69, 9.17) is 9.47 Å². The maximum Gasteiger partial charge on any atom is 0.293 e. The van der Waals surface area contributed by atoms with Gasteiger partial charge in [-0.2, -0.15) is 0 Å². The molecule has 3 aromatic rings. The molecule has 30 heavy (non-hydrogen) atoms. The molecule has 7 nitrogen and oxygen atoms in total. The van der Waals surface area contributed by atoms with Gasteiger partial charge in [0.05, 0.1) is 16.5 Å². The van der Waals surface area contributed by atoms with Gasteiger partial charge in [-0.25, -0.2) is 0 Å². The molecular formula is C22H19BrN2O5. The maximum atomic E-state index is 12.7. The van der Waals surface area contributed by atoms with Crippen LogP contribution in [0.4, 0.5) is 11.4 Å². The molecule has 1 amide bonds. The summed E-state index contributed by atoms with van der Waals surface area (Å²) in [7, 11) is 1.48. The van der Waals surface area contributed by atoms with E-state index in [-0.39, 0.29) is 16.9 Å². The second-order valence-corrected chi connectivity index (χ2v) is 7.35. The molecule has 0 aliphatic rings. The Hall–Kier alpha value is -3.39. The number of hydrogen-bond donors (Lipinski definition) is 1. The van der Waals surface area contributed by atoms with Gasteiger partial charge in [0.25, 0.3) is 11.6 Å². The second-order valence-electron chi connectivity index (χ2n) is 6.50. The molecule has 3 rings (SSSR count). The topological polar surface area (TPSA) is 90.7 Å². The van der Waals surface area contributed by atoms with E-state index >= 15 is 0 Å². The van der Waals surface area contributed by atoms with Crippen molar-refractivity contribution in [2.45, 2.75) is 13.5 Å². The van der Waals surface area contributed by atoms with Crippen LogP contribution in [0.2, 0.25) is 0 Å². The molecule has 0 saturated carbocycles. The summed E-state index contributed by atoms with van der Waals surface area (Å²) in [6.45, 7) is 2.08. The van der Waals surface area contributed by atoms with Gasteiger partial charge in [0.15, 0.2) is 11.5 Å². The minimum absolute atomic E-state index is 0.120. The van der Waals surface area contributed by atoms with E-state index < -0.39 is 10.8 Å². The van der Waals surface area contributed by atoms with Crippen molar-refractivity contribution >= 4 is 33.2 Å². The lowest BCUT2D eigenvalue weighted by molar-refractivity contribution is -0.384. The maximum absolute atomic E-state index is 12.7. The van der Waals surface area contributed by atoms with Crippen LogP contribution in [0, 0.1) is 17.0 Å². The zero-order valence-electron chi connectivity index (χ0n) is 16.3. The highest BCUT2D eigenvalue weighted by Gasteiger charge is 2.20. The molecule has 0 bridgehead atoms. The number of carbonyl (C=O) groups is 1. The van der Waals surface area contributed by atoms with Crippen LogP contribution in [0.1, 0.15) is 21.5 Å². The van der Waals surface area contributed by atoms with Gasteiger partial charge in [0.1, 0.15) is 12.3 Å². The highest BCUT2D eigenvalue weighted by Crippen LogP contribution is 2.37. The number of aryl methyl sites for hydroxylation is 1. The van der Waals surface area contributed by atoms with E-state index in [1.165, 1.54) is 25.3 Å². The third-order valence-corrected chi connectivity index (χ3v) is 4.90. The molecule has 0 heterocycles. The summed E-state index contributed by atoms with van der Waals surface area (Å²) in [6, 6.07) is 17.4. The summed E-state index contributed by atoms with van der Waals surface area (Å²) in [5, 5.41) is 13.9. The van der Waals surface area contributed by atoms with Crippen LogP contribution in [-0.4, -0.2) is 17.9 Å². The van der Waals surface area contributed by atoms with E-state index in [2.05, 4.69) is 21.2 Å². The Labute approximate surface area is 181 Å². The lowest BCUT2D eigenvalue weighted by atomic mass is 10.1. The van der Waals surface area contributed by atoms with Crippen LogP contribution in [0.5, 0.6) is 11.5 Å². The molecule has 3 aromatic carbocycles. The van der Waals surface area contributed by atoms with Crippen molar-refractivity contribution in [3.05, 3.63) is 91.9 Å². The predicted octanol–water partition coefficient (Wildman–Crippen LogP) is 5.51. The molecule has 154 valence electrons. The molecular weight excluding hydrogens is 452 g/mol. The van der Waals surface area contributed by atoms with Crippen LogP contribution < -0.4 is 14.8 Å². The van der Waals surface area contributed by atoms with Gasteiger partial charge in [-0.1, -0.05) is 36.4 Å². The number of anilines is 1. The number of rotatable bonds is 7. The first-order valence-electron chi connectivity index (χ1n) is 8.99. The van der Waals surface area contributed by atoms with Gasteiger partial charge in [-0.15, -0.1) is 0 Å². The number of nitrogens with one attached hydrogen (secondary N) is 1. The molecule has 1 N–H and O–H groups in total. The summed E-state index contributed by atoms with van der Waals surface area (Å²) >= 11 is 3.42. The number of nitrogens with zero attached hydrogens (tertiary/aromatic N) is 1. The van der Waals surface area contributed by atoms with Gasteiger partial charge in [-0.05, 0) is 52.2 Å². The van der Waals surface area contributed by atoms with E-state index in [0.29, 0.717) is 22.6 Å². The van der Waals surface area contributed by atoms with Gasteiger partial charge in [-0.3, -0.25) is 14.9 Å². The van der Waals surface area contributed by atoms with Crippen LogP contribution >= 0.6 is 15.9 Å².